The molecule has 2 rings (SSSR count). The van der Waals surface area contributed by atoms with E-state index in [2.05, 4.69) is 29.1 Å². The minimum atomic E-state index is -0.122. The molecule has 1 aromatic rings. The normalized spacial score (nSPS) is 19.9. The molecule has 26 heavy (non-hydrogen) atoms. The molecular weight excluding hydrogens is 348 g/mol. The number of carbonyl (C=O) groups is 1. The van der Waals surface area contributed by atoms with Crippen LogP contribution in [0.2, 0.25) is 0 Å². The maximum absolute atomic E-state index is 11.4. The van der Waals surface area contributed by atoms with Gasteiger partial charge in [0.15, 0.2) is 5.96 Å². The Labute approximate surface area is 160 Å². The average Bonchev–Trinajstić information content (AvgIpc) is 3.07. The van der Waals surface area contributed by atoms with Crippen LogP contribution in [0.3, 0.4) is 0 Å². The molecule has 144 valence electrons. The minimum Gasteiger partial charge on any atom is -0.495 e. The number of aliphatic imine (C=N–C) groups is 1. The van der Waals surface area contributed by atoms with E-state index in [9.17, 15) is 4.79 Å². The number of carbonyl (C=O) groups excluding carboxylic acids is 1. The van der Waals surface area contributed by atoms with Gasteiger partial charge in [-0.05, 0) is 50.1 Å². The van der Waals surface area contributed by atoms with Crippen molar-refractivity contribution in [3.8, 4) is 5.75 Å². The van der Waals surface area contributed by atoms with E-state index < -0.39 is 0 Å². The first-order valence-electron chi connectivity index (χ1n) is 9.07. The molecule has 3 N–H and O–H groups in total. The average molecular weight is 379 g/mol. The van der Waals surface area contributed by atoms with Crippen molar-refractivity contribution in [2.24, 2.45) is 4.99 Å². The third-order valence-corrected chi connectivity index (χ3v) is 5.49. The molecule has 6 nitrogen and oxygen atoms in total. The molecule has 1 aliphatic rings. The lowest BCUT2D eigenvalue weighted by molar-refractivity contribution is -0.114. The highest BCUT2D eigenvalue weighted by Crippen LogP contribution is 2.28. The third kappa shape index (κ3) is 6.12. The van der Waals surface area contributed by atoms with Crippen molar-refractivity contribution in [1.82, 2.24) is 10.6 Å². The van der Waals surface area contributed by atoms with Crippen molar-refractivity contribution < 1.29 is 9.53 Å². The zero-order chi connectivity index (χ0) is 18.9. The van der Waals surface area contributed by atoms with Gasteiger partial charge in [-0.25, -0.2) is 4.99 Å². The van der Waals surface area contributed by atoms with Gasteiger partial charge in [0.2, 0.25) is 5.91 Å². The summed E-state index contributed by atoms with van der Waals surface area (Å²) in [6, 6.07) is 6.22. The Balaban J connectivity index is 2.05. The van der Waals surface area contributed by atoms with Gasteiger partial charge in [-0.1, -0.05) is 6.07 Å². The fourth-order valence-electron chi connectivity index (χ4n) is 3.11. The van der Waals surface area contributed by atoms with E-state index in [1.165, 1.54) is 26.2 Å². The van der Waals surface area contributed by atoms with Crippen molar-refractivity contribution in [2.45, 2.75) is 50.9 Å². The van der Waals surface area contributed by atoms with Crippen LogP contribution in [-0.2, 0) is 11.3 Å². The molecule has 1 fully saturated rings. The second-order valence-electron chi connectivity index (χ2n) is 6.42. The van der Waals surface area contributed by atoms with Crippen molar-refractivity contribution in [1.29, 1.82) is 0 Å². The summed E-state index contributed by atoms with van der Waals surface area (Å²) in [5.74, 6) is 1.37. The summed E-state index contributed by atoms with van der Waals surface area (Å²) in [7, 11) is 1.59. The molecular formula is C19H30N4O2S. The third-order valence-electron chi connectivity index (χ3n) is 4.40. The van der Waals surface area contributed by atoms with Crippen molar-refractivity contribution >= 4 is 29.3 Å². The highest BCUT2D eigenvalue weighted by molar-refractivity contribution is 7.99. The van der Waals surface area contributed by atoms with Crippen LogP contribution >= 0.6 is 11.8 Å². The van der Waals surface area contributed by atoms with Gasteiger partial charge in [-0.2, -0.15) is 11.8 Å². The van der Waals surface area contributed by atoms with Gasteiger partial charge < -0.3 is 20.7 Å². The number of thioether (sulfide) groups is 1. The van der Waals surface area contributed by atoms with Gasteiger partial charge in [-0.15, -0.1) is 0 Å². The summed E-state index contributed by atoms with van der Waals surface area (Å²) >= 11 is 1.95. The van der Waals surface area contributed by atoms with Gasteiger partial charge in [-0.3, -0.25) is 4.79 Å². The molecule has 1 aliphatic carbocycles. The lowest BCUT2D eigenvalue weighted by Crippen LogP contribution is -2.42. The molecule has 0 aromatic heterocycles. The van der Waals surface area contributed by atoms with Crippen LogP contribution in [0.1, 0.15) is 38.7 Å². The summed E-state index contributed by atoms with van der Waals surface area (Å²) in [5, 5.41) is 10.4. The van der Waals surface area contributed by atoms with Gasteiger partial charge >= 0.3 is 0 Å². The first kappa shape index (κ1) is 20.4. The number of methoxy groups -OCH3 is 1. The Hall–Kier alpha value is -1.89. The Morgan fingerprint density at radius 3 is 2.81 bits per heavy atom. The highest BCUT2D eigenvalue weighted by atomic mass is 32.2. The summed E-state index contributed by atoms with van der Waals surface area (Å²) in [6.45, 7) is 4.91. The van der Waals surface area contributed by atoms with Crippen LogP contribution in [0.25, 0.3) is 0 Å². The first-order valence-corrected chi connectivity index (χ1v) is 10.4. The Kier molecular flexibility index (Phi) is 8.09. The number of guanidine groups is 1. The number of rotatable bonds is 7. The molecule has 0 heterocycles. The molecule has 0 radical (unpaired) electrons. The zero-order valence-electron chi connectivity index (χ0n) is 16.1. The number of hydrogen-bond acceptors (Lipinski definition) is 4. The van der Waals surface area contributed by atoms with Gasteiger partial charge in [0.25, 0.3) is 0 Å². The second-order valence-corrected chi connectivity index (χ2v) is 7.56. The van der Waals surface area contributed by atoms with E-state index in [1.807, 2.05) is 30.0 Å². The van der Waals surface area contributed by atoms with E-state index >= 15 is 0 Å². The van der Waals surface area contributed by atoms with Gasteiger partial charge in [0.1, 0.15) is 5.75 Å². The maximum Gasteiger partial charge on any atom is 0.221 e. The molecule has 0 spiro atoms. The molecule has 7 heteroatoms. The second kappa shape index (κ2) is 10.3. The van der Waals surface area contributed by atoms with E-state index in [0.29, 0.717) is 24.0 Å². The fraction of sp³-hybridized carbons (Fsp3) is 0.579. The van der Waals surface area contributed by atoms with E-state index in [0.717, 1.165) is 23.3 Å². The van der Waals surface area contributed by atoms with Gasteiger partial charge in [0.05, 0.1) is 19.3 Å². The molecule has 1 saturated carbocycles. The largest absolute Gasteiger partial charge is 0.495 e. The number of nitrogens with one attached hydrogen (secondary N) is 3. The van der Waals surface area contributed by atoms with Crippen molar-refractivity contribution in [3.63, 3.8) is 0 Å². The molecule has 1 aromatic carbocycles. The van der Waals surface area contributed by atoms with Crippen LogP contribution in [0.5, 0.6) is 5.75 Å². The predicted octanol–water partition coefficient (Wildman–Crippen LogP) is 2.99. The number of amides is 1. The SMILES string of the molecule is CCNC(=NCc1ccc(OC)c(NC(C)=O)c1)NC1CCC(SC)C1. The Bertz CT molecular complexity index is 636. The lowest BCUT2D eigenvalue weighted by Gasteiger charge is -2.17. The summed E-state index contributed by atoms with van der Waals surface area (Å²) in [5.41, 5.74) is 1.68. The molecule has 2 atom stereocenters. The monoisotopic (exact) mass is 378 g/mol. The molecule has 0 aliphatic heterocycles. The summed E-state index contributed by atoms with van der Waals surface area (Å²) in [4.78, 5) is 16.1. The zero-order valence-corrected chi connectivity index (χ0v) is 16.9. The van der Waals surface area contributed by atoms with Crippen LogP contribution in [0.4, 0.5) is 5.69 Å². The number of ether oxygens (including phenoxy) is 1. The lowest BCUT2D eigenvalue weighted by atomic mass is 10.2. The molecule has 0 saturated heterocycles. The van der Waals surface area contributed by atoms with E-state index in [1.54, 1.807) is 7.11 Å². The van der Waals surface area contributed by atoms with Crippen LogP contribution in [0.15, 0.2) is 23.2 Å². The first-order chi connectivity index (χ1) is 12.5. The number of benzene rings is 1. The Morgan fingerprint density at radius 1 is 1.38 bits per heavy atom. The molecule has 0 bridgehead atoms. The molecule has 1 amide bonds. The number of hydrogen-bond donors (Lipinski definition) is 3. The van der Waals surface area contributed by atoms with Crippen LogP contribution < -0.4 is 20.7 Å². The minimum absolute atomic E-state index is 0.122. The standard InChI is InChI=1S/C19H30N4O2S/c1-5-20-19(23-15-7-8-16(11-15)26-4)21-12-14-6-9-18(25-3)17(10-14)22-13(2)24/h6,9-10,15-16H,5,7-8,11-12H2,1-4H3,(H,22,24)(H2,20,21,23). The van der Waals surface area contributed by atoms with Gasteiger partial charge in [0, 0.05) is 24.8 Å². The van der Waals surface area contributed by atoms with Crippen molar-refractivity contribution in [2.75, 3.05) is 25.2 Å². The number of nitrogens with zero attached hydrogens (tertiary/aromatic N) is 1. The van der Waals surface area contributed by atoms with E-state index in [4.69, 9.17) is 9.73 Å². The predicted molar refractivity (Wildman–Crippen MR) is 110 cm³/mol. The summed E-state index contributed by atoms with van der Waals surface area (Å²) < 4.78 is 5.30. The van der Waals surface area contributed by atoms with Crippen molar-refractivity contribution in [3.05, 3.63) is 23.8 Å². The highest BCUT2D eigenvalue weighted by Gasteiger charge is 2.24. The van der Waals surface area contributed by atoms with Crippen LogP contribution in [-0.4, -0.2) is 43.1 Å². The van der Waals surface area contributed by atoms with E-state index in [-0.39, 0.29) is 5.91 Å². The van der Waals surface area contributed by atoms with Crippen LogP contribution in [0, 0.1) is 0 Å². The quantitative estimate of drug-likeness (QED) is 0.502. The fourth-order valence-corrected chi connectivity index (χ4v) is 3.91. The number of anilines is 1. The smallest absolute Gasteiger partial charge is 0.221 e. The topological polar surface area (TPSA) is 74.8 Å². The Morgan fingerprint density at radius 2 is 2.19 bits per heavy atom. The molecule has 2 unspecified atom stereocenters. The summed E-state index contributed by atoms with van der Waals surface area (Å²) in [6.07, 6.45) is 5.81. The maximum atomic E-state index is 11.4.